The van der Waals surface area contributed by atoms with Crippen molar-refractivity contribution >= 4 is 35.5 Å². The first-order valence-electron chi connectivity index (χ1n) is 10.5. The molecule has 2 aliphatic heterocycles. The minimum Gasteiger partial charge on any atom is -0.449 e. The first-order chi connectivity index (χ1) is 13.0. The van der Waals surface area contributed by atoms with Gasteiger partial charge in [0.1, 0.15) is 6.04 Å². The van der Waals surface area contributed by atoms with Crippen LogP contribution in [0.25, 0.3) is 0 Å². The van der Waals surface area contributed by atoms with E-state index >= 15 is 0 Å². The molecule has 1 spiro atoms. The van der Waals surface area contributed by atoms with E-state index < -0.39 is 12.1 Å². The lowest BCUT2D eigenvalue weighted by atomic mass is 9.83. The maximum atomic E-state index is 13.4. The first kappa shape index (κ1) is 21.2. The van der Waals surface area contributed by atoms with E-state index in [2.05, 4.69) is 5.32 Å². The van der Waals surface area contributed by atoms with Gasteiger partial charge in [-0.2, -0.15) is 0 Å². The molecule has 1 aliphatic carbocycles. The second-order valence-corrected chi connectivity index (χ2v) is 11.7. The fourth-order valence-electron chi connectivity index (χ4n) is 4.25. The summed E-state index contributed by atoms with van der Waals surface area (Å²) >= 11 is 4.05. The molecule has 1 unspecified atom stereocenters. The summed E-state index contributed by atoms with van der Waals surface area (Å²) in [6, 6.07) is -0.432. The zero-order chi connectivity index (χ0) is 19.3. The van der Waals surface area contributed by atoms with Crippen LogP contribution in [0.2, 0.25) is 0 Å². The van der Waals surface area contributed by atoms with E-state index in [9.17, 15) is 9.59 Å². The Kier molecular flexibility index (Phi) is 7.65. The van der Waals surface area contributed by atoms with Crippen LogP contribution in [-0.2, 0) is 9.53 Å². The van der Waals surface area contributed by atoms with Crippen molar-refractivity contribution in [2.45, 2.75) is 68.9 Å². The Morgan fingerprint density at radius 2 is 1.85 bits per heavy atom. The van der Waals surface area contributed by atoms with Gasteiger partial charge in [0.2, 0.25) is 5.91 Å². The van der Waals surface area contributed by atoms with Crippen LogP contribution in [0.3, 0.4) is 0 Å². The first-order valence-corrected chi connectivity index (χ1v) is 12.5. The van der Waals surface area contributed by atoms with E-state index in [0.29, 0.717) is 12.5 Å². The van der Waals surface area contributed by atoms with Crippen LogP contribution < -0.4 is 5.32 Å². The minimum absolute atomic E-state index is 0.104. The Bertz CT molecular complexity index is 517. The van der Waals surface area contributed by atoms with Crippen molar-refractivity contribution in [3.63, 3.8) is 0 Å². The number of thioether (sulfide) groups is 2. The van der Waals surface area contributed by atoms with Crippen molar-refractivity contribution in [3.8, 4) is 0 Å². The van der Waals surface area contributed by atoms with Gasteiger partial charge < -0.3 is 15.0 Å². The van der Waals surface area contributed by atoms with E-state index in [4.69, 9.17) is 4.74 Å². The Morgan fingerprint density at radius 3 is 2.52 bits per heavy atom. The van der Waals surface area contributed by atoms with Crippen LogP contribution in [0.15, 0.2) is 0 Å². The van der Waals surface area contributed by atoms with E-state index in [0.717, 1.165) is 45.2 Å². The van der Waals surface area contributed by atoms with E-state index in [1.807, 2.05) is 42.3 Å². The fourth-order valence-corrected chi connectivity index (χ4v) is 7.55. The summed E-state index contributed by atoms with van der Waals surface area (Å²) < 4.78 is 5.50. The van der Waals surface area contributed by atoms with Crippen LogP contribution >= 0.6 is 23.5 Å². The number of carbonyl (C=O) groups excluding carboxylic acids is 2. The molecule has 2 amide bonds. The zero-order valence-electron chi connectivity index (χ0n) is 16.7. The highest BCUT2D eigenvalue weighted by Gasteiger charge is 2.44. The fraction of sp³-hybridized carbons (Fsp3) is 0.900. The average molecular weight is 415 g/mol. The predicted octanol–water partition coefficient (Wildman–Crippen LogP) is 4.12. The van der Waals surface area contributed by atoms with Gasteiger partial charge in [0.05, 0.1) is 10.7 Å². The van der Waals surface area contributed by atoms with Crippen LogP contribution in [0.1, 0.15) is 58.8 Å². The lowest BCUT2D eigenvalue weighted by Crippen LogP contribution is -2.52. The number of hydrogen-bond acceptors (Lipinski definition) is 5. The van der Waals surface area contributed by atoms with Gasteiger partial charge >= 0.3 is 6.09 Å². The van der Waals surface area contributed by atoms with Crippen LogP contribution in [0.5, 0.6) is 0 Å². The number of carbonyl (C=O) groups is 2. The van der Waals surface area contributed by atoms with E-state index in [1.165, 1.54) is 24.3 Å². The summed E-state index contributed by atoms with van der Waals surface area (Å²) in [5.41, 5.74) is 0. The second kappa shape index (κ2) is 9.77. The molecule has 1 atom stereocenters. The molecule has 0 aromatic carbocycles. The second-order valence-electron chi connectivity index (χ2n) is 8.48. The van der Waals surface area contributed by atoms with Gasteiger partial charge in [-0.3, -0.25) is 4.79 Å². The van der Waals surface area contributed by atoms with Crippen molar-refractivity contribution in [2.24, 2.45) is 11.8 Å². The van der Waals surface area contributed by atoms with Crippen molar-refractivity contribution < 1.29 is 14.3 Å². The molecule has 5 nitrogen and oxygen atoms in total. The van der Waals surface area contributed by atoms with Crippen LogP contribution in [-0.4, -0.2) is 58.2 Å². The quantitative estimate of drug-likeness (QED) is 0.733. The van der Waals surface area contributed by atoms with E-state index in [-0.39, 0.29) is 15.9 Å². The highest BCUT2D eigenvalue weighted by atomic mass is 32.2. The molecule has 7 heteroatoms. The molecule has 0 radical (unpaired) electrons. The lowest BCUT2D eigenvalue weighted by Gasteiger charge is -2.34. The molecule has 3 aliphatic rings. The normalized spacial score (nSPS) is 24.2. The van der Waals surface area contributed by atoms with Gasteiger partial charge in [-0.05, 0) is 49.0 Å². The molecule has 2 heterocycles. The molecule has 0 aromatic rings. The Balaban J connectivity index is 1.64. The molecule has 1 saturated carbocycles. The van der Waals surface area contributed by atoms with Gasteiger partial charge in [-0.1, -0.05) is 33.1 Å². The highest BCUT2D eigenvalue weighted by Crippen LogP contribution is 2.48. The Morgan fingerprint density at radius 1 is 1.15 bits per heavy atom. The number of alkyl carbamates (subject to hydrolysis) is 1. The molecule has 0 aromatic heterocycles. The van der Waals surface area contributed by atoms with Crippen LogP contribution in [0.4, 0.5) is 4.79 Å². The molecular formula is C20H34N2O3S2. The topological polar surface area (TPSA) is 58.6 Å². The lowest BCUT2D eigenvalue weighted by molar-refractivity contribution is -0.134. The number of nitrogens with one attached hydrogen (secondary N) is 1. The maximum absolute atomic E-state index is 13.4. The van der Waals surface area contributed by atoms with Crippen molar-refractivity contribution in [3.05, 3.63) is 0 Å². The number of rotatable bonds is 5. The smallest absolute Gasteiger partial charge is 0.407 e. The van der Waals surface area contributed by atoms with E-state index in [1.54, 1.807) is 0 Å². The Hall–Kier alpha value is -0.560. The average Bonchev–Trinajstić information content (AvgIpc) is 3.08. The number of amides is 2. The molecular weight excluding hydrogens is 380 g/mol. The van der Waals surface area contributed by atoms with Crippen molar-refractivity contribution in [2.75, 3.05) is 31.2 Å². The Labute approximate surface area is 172 Å². The van der Waals surface area contributed by atoms with Gasteiger partial charge in [-0.25, -0.2) is 4.79 Å². The van der Waals surface area contributed by atoms with Gasteiger partial charge in [-0.15, -0.1) is 23.5 Å². The van der Waals surface area contributed by atoms with Gasteiger partial charge in [0, 0.05) is 13.1 Å². The number of likely N-dealkylation sites (tertiary alicyclic amines) is 1. The largest absolute Gasteiger partial charge is 0.449 e. The third-order valence-corrected chi connectivity index (χ3v) is 9.14. The number of hydrogen-bond donors (Lipinski definition) is 1. The summed E-state index contributed by atoms with van der Waals surface area (Å²) in [5, 5.41) is 2.94. The third-order valence-electron chi connectivity index (χ3n) is 5.73. The summed E-state index contributed by atoms with van der Waals surface area (Å²) in [6.07, 6.45) is 7.44. The SMILES string of the molecule is CC(C)COC(=O)NC(C(=O)N1CCC2(C1)SCCCS2)C1CCCCC1. The minimum atomic E-state index is -0.442. The number of nitrogens with zero attached hydrogens (tertiary/aromatic N) is 1. The molecule has 154 valence electrons. The molecule has 3 fully saturated rings. The van der Waals surface area contributed by atoms with Crippen LogP contribution in [0, 0.1) is 11.8 Å². The predicted molar refractivity (Wildman–Crippen MR) is 113 cm³/mol. The summed E-state index contributed by atoms with van der Waals surface area (Å²) in [4.78, 5) is 27.7. The monoisotopic (exact) mass is 414 g/mol. The summed E-state index contributed by atoms with van der Waals surface area (Å²) in [6.45, 7) is 6.04. The standard InChI is InChI=1S/C20H34N2O3S2/c1-15(2)13-25-19(24)21-17(16-7-4-3-5-8-16)18(23)22-10-9-20(14-22)26-11-6-12-27-20/h15-17H,3-14H2,1-2H3,(H,21,24). The highest BCUT2D eigenvalue weighted by molar-refractivity contribution is 8.18. The third kappa shape index (κ3) is 5.72. The summed E-state index contributed by atoms with van der Waals surface area (Å²) in [5.74, 6) is 3.02. The molecule has 0 bridgehead atoms. The maximum Gasteiger partial charge on any atom is 0.407 e. The van der Waals surface area contributed by atoms with Gasteiger partial charge in [0.25, 0.3) is 0 Å². The van der Waals surface area contributed by atoms with Gasteiger partial charge in [0.15, 0.2) is 0 Å². The van der Waals surface area contributed by atoms with Crippen molar-refractivity contribution in [1.29, 1.82) is 0 Å². The molecule has 3 rings (SSSR count). The molecule has 2 saturated heterocycles. The zero-order valence-corrected chi connectivity index (χ0v) is 18.3. The molecule has 1 N–H and O–H groups in total. The van der Waals surface area contributed by atoms with Crippen molar-refractivity contribution in [1.82, 2.24) is 10.2 Å². The summed E-state index contributed by atoms with van der Waals surface area (Å²) in [7, 11) is 0. The number of ether oxygens (including phenoxy) is 1. The molecule has 27 heavy (non-hydrogen) atoms.